The number of nitrogens with zero attached hydrogens (tertiary/aromatic N) is 1. The molecule has 0 radical (unpaired) electrons. The first-order chi connectivity index (χ1) is 7.63. The van der Waals surface area contributed by atoms with Crippen molar-refractivity contribution in [2.24, 2.45) is 0 Å². The standard InChI is InChI=1S/C14H19NO/c1-5-12-10-13(9-8-11(12)4)14(16)15(6-2)7-3/h5,8-10H,1,6-7H2,2-4H3. The van der Waals surface area contributed by atoms with Crippen molar-refractivity contribution >= 4 is 12.0 Å². The van der Waals surface area contributed by atoms with Crippen LogP contribution < -0.4 is 0 Å². The molecule has 0 aliphatic carbocycles. The molecule has 1 aromatic rings. The zero-order chi connectivity index (χ0) is 12.1. The number of amides is 1. The van der Waals surface area contributed by atoms with Crippen LogP contribution in [0.15, 0.2) is 24.8 Å². The van der Waals surface area contributed by atoms with Gasteiger partial charge in [-0.15, -0.1) is 0 Å². The summed E-state index contributed by atoms with van der Waals surface area (Å²) in [6.07, 6.45) is 1.79. The van der Waals surface area contributed by atoms with Gasteiger partial charge in [-0.25, -0.2) is 0 Å². The first-order valence-electron chi connectivity index (χ1n) is 5.66. The van der Waals surface area contributed by atoms with Gasteiger partial charge in [0.1, 0.15) is 0 Å². The van der Waals surface area contributed by atoms with Crippen LogP contribution in [0.4, 0.5) is 0 Å². The van der Waals surface area contributed by atoms with E-state index in [9.17, 15) is 4.79 Å². The maximum absolute atomic E-state index is 12.1. The second-order valence-corrected chi connectivity index (χ2v) is 3.75. The van der Waals surface area contributed by atoms with Gasteiger partial charge in [-0.05, 0) is 44.0 Å². The molecule has 0 heterocycles. The van der Waals surface area contributed by atoms with E-state index < -0.39 is 0 Å². The Bertz CT molecular complexity index is 392. The third-order valence-electron chi connectivity index (χ3n) is 2.80. The van der Waals surface area contributed by atoms with Gasteiger partial charge in [-0.1, -0.05) is 18.7 Å². The van der Waals surface area contributed by atoms with E-state index in [-0.39, 0.29) is 5.91 Å². The molecule has 0 aliphatic heterocycles. The third kappa shape index (κ3) is 2.51. The van der Waals surface area contributed by atoms with Crippen molar-refractivity contribution in [2.75, 3.05) is 13.1 Å². The zero-order valence-corrected chi connectivity index (χ0v) is 10.3. The van der Waals surface area contributed by atoms with E-state index in [4.69, 9.17) is 0 Å². The molecule has 0 aromatic heterocycles. The lowest BCUT2D eigenvalue weighted by molar-refractivity contribution is 0.0773. The lowest BCUT2D eigenvalue weighted by Crippen LogP contribution is -2.30. The van der Waals surface area contributed by atoms with Gasteiger partial charge in [0.25, 0.3) is 5.91 Å². The van der Waals surface area contributed by atoms with Gasteiger partial charge in [0, 0.05) is 18.7 Å². The number of benzene rings is 1. The lowest BCUT2D eigenvalue weighted by atomic mass is 10.0. The molecule has 86 valence electrons. The van der Waals surface area contributed by atoms with Crippen LogP contribution in [-0.2, 0) is 0 Å². The summed E-state index contributed by atoms with van der Waals surface area (Å²) >= 11 is 0. The maximum atomic E-state index is 12.1. The van der Waals surface area contributed by atoms with Gasteiger partial charge < -0.3 is 4.90 Å². The molecule has 0 bridgehead atoms. The first-order valence-corrected chi connectivity index (χ1v) is 5.66. The Morgan fingerprint density at radius 1 is 1.38 bits per heavy atom. The van der Waals surface area contributed by atoms with Crippen molar-refractivity contribution in [3.63, 3.8) is 0 Å². The van der Waals surface area contributed by atoms with Crippen molar-refractivity contribution in [1.82, 2.24) is 4.90 Å². The van der Waals surface area contributed by atoms with E-state index in [0.717, 1.165) is 29.8 Å². The highest BCUT2D eigenvalue weighted by Gasteiger charge is 2.12. The smallest absolute Gasteiger partial charge is 0.253 e. The van der Waals surface area contributed by atoms with Crippen LogP contribution in [0.3, 0.4) is 0 Å². The molecule has 2 nitrogen and oxygen atoms in total. The van der Waals surface area contributed by atoms with Crippen LogP contribution in [0.5, 0.6) is 0 Å². The number of hydrogen-bond acceptors (Lipinski definition) is 1. The Morgan fingerprint density at radius 3 is 2.50 bits per heavy atom. The Balaban J connectivity index is 3.04. The van der Waals surface area contributed by atoms with E-state index in [1.807, 2.05) is 43.9 Å². The molecule has 0 unspecified atom stereocenters. The number of carbonyl (C=O) groups is 1. The summed E-state index contributed by atoms with van der Waals surface area (Å²) in [5, 5.41) is 0. The zero-order valence-electron chi connectivity index (χ0n) is 10.3. The minimum atomic E-state index is 0.0908. The van der Waals surface area contributed by atoms with Crippen molar-refractivity contribution < 1.29 is 4.79 Å². The Hall–Kier alpha value is -1.57. The summed E-state index contributed by atoms with van der Waals surface area (Å²) in [7, 11) is 0. The fourth-order valence-corrected chi connectivity index (χ4v) is 1.69. The number of hydrogen-bond donors (Lipinski definition) is 0. The molecule has 1 aromatic carbocycles. The van der Waals surface area contributed by atoms with Crippen LogP contribution in [0, 0.1) is 6.92 Å². The molecule has 0 saturated heterocycles. The highest BCUT2D eigenvalue weighted by Crippen LogP contribution is 2.14. The Labute approximate surface area is 97.6 Å². The van der Waals surface area contributed by atoms with Crippen molar-refractivity contribution in [3.8, 4) is 0 Å². The van der Waals surface area contributed by atoms with E-state index >= 15 is 0 Å². The molecule has 0 saturated carbocycles. The van der Waals surface area contributed by atoms with E-state index in [0.29, 0.717) is 0 Å². The van der Waals surface area contributed by atoms with Crippen LogP contribution in [0.25, 0.3) is 6.08 Å². The SMILES string of the molecule is C=Cc1cc(C(=O)N(CC)CC)ccc1C. The van der Waals surface area contributed by atoms with Gasteiger partial charge in [0.05, 0.1) is 0 Å². The first kappa shape index (κ1) is 12.5. The van der Waals surface area contributed by atoms with Gasteiger partial charge in [0.15, 0.2) is 0 Å². The molecule has 0 N–H and O–H groups in total. The molecular weight excluding hydrogens is 198 g/mol. The van der Waals surface area contributed by atoms with E-state index in [1.165, 1.54) is 0 Å². The average Bonchev–Trinajstić information content (AvgIpc) is 2.31. The molecule has 1 amide bonds. The van der Waals surface area contributed by atoms with Gasteiger partial charge in [-0.2, -0.15) is 0 Å². The minimum absolute atomic E-state index is 0.0908. The molecular formula is C14H19NO. The third-order valence-corrected chi connectivity index (χ3v) is 2.80. The highest BCUT2D eigenvalue weighted by atomic mass is 16.2. The van der Waals surface area contributed by atoms with Gasteiger partial charge >= 0.3 is 0 Å². The molecule has 0 atom stereocenters. The summed E-state index contributed by atoms with van der Waals surface area (Å²) in [6.45, 7) is 11.2. The second-order valence-electron chi connectivity index (χ2n) is 3.75. The summed E-state index contributed by atoms with van der Waals surface area (Å²) in [4.78, 5) is 13.9. The van der Waals surface area contributed by atoms with Crippen molar-refractivity contribution in [2.45, 2.75) is 20.8 Å². The van der Waals surface area contributed by atoms with Crippen LogP contribution >= 0.6 is 0 Å². The molecule has 0 fully saturated rings. The van der Waals surface area contributed by atoms with E-state index in [1.54, 1.807) is 6.08 Å². The summed E-state index contributed by atoms with van der Waals surface area (Å²) in [6, 6.07) is 5.75. The topological polar surface area (TPSA) is 20.3 Å². The maximum Gasteiger partial charge on any atom is 0.253 e. The molecule has 1 rings (SSSR count). The average molecular weight is 217 g/mol. The normalized spacial score (nSPS) is 9.94. The number of aryl methyl sites for hydroxylation is 1. The van der Waals surface area contributed by atoms with Gasteiger partial charge in [0.2, 0.25) is 0 Å². The van der Waals surface area contributed by atoms with Crippen LogP contribution in [0.2, 0.25) is 0 Å². The van der Waals surface area contributed by atoms with Gasteiger partial charge in [-0.3, -0.25) is 4.79 Å². The molecule has 0 spiro atoms. The monoisotopic (exact) mass is 217 g/mol. The van der Waals surface area contributed by atoms with E-state index in [2.05, 4.69) is 6.58 Å². The quantitative estimate of drug-likeness (QED) is 0.758. The summed E-state index contributed by atoms with van der Waals surface area (Å²) < 4.78 is 0. The molecule has 16 heavy (non-hydrogen) atoms. The fraction of sp³-hybridized carbons (Fsp3) is 0.357. The number of carbonyl (C=O) groups excluding carboxylic acids is 1. The number of rotatable bonds is 4. The summed E-state index contributed by atoms with van der Waals surface area (Å²) in [5.74, 6) is 0.0908. The molecule has 0 aliphatic rings. The molecule has 2 heteroatoms. The predicted octanol–water partition coefficient (Wildman–Crippen LogP) is 3.12. The minimum Gasteiger partial charge on any atom is -0.339 e. The Morgan fingerprint density at radius 2 is 2.00 bits per heavy atom. The van der Waals surface area contributed by atoms with Crippen molar-refractivity contribution in [1.29, 1.82) is 0 Å². The summed E-state index contributed by atoms with van der Waals surface area (Å²) in [5.41, 5.74) is 2.91. The Kier molecular flexibility index (Phi) is 4.29. The highest BCUT2D eigenvalue weighted by molar-refractivity contribution is 5.94. The van der Waals surface area contributed by atoms with Crippen LogP contribution in [-0.4, -0.2) is 23.9 Å². The van der Waals surface area contributed by atoms with Crippen molar-refractivity contribution in [3.05, 3.63) is 41.5 Å². The fourth-order valence-electron chi connectivity index (χ4n) is 1.69. The predicted molar refractivity (Wildman–Crippen MR) is 68.5 cm³/mol. The van der Waals surface area contributed by atoms with Crippen LogP contribution in [0.1, 0.15) is 35.3 Å². The largest absolute Gasteiger partial charge is 0.339 e. The second kappa shape index (κ2) is 5.50. The lowest BCUT2D eigenvalue weighted by Gasteiger charge is -2.19.